The Bertz CT molecular complexity index is 891. The van der Waals surface area contributed by atoms with E-state index >= 15 is 0 Å². The summed E-state index contributed by atoms with van der Waals surface area (Å²) in [6.45, 7) is 6.87. The maximum atomic E-state index is 12.8. The smallest absolute Gasteiger partial charge is 0.271 e. The van der Waals surface area contributed by atoms with Gasteiger partial charge in [0.05, 0.1) is 33.2 Å². The van der Waals surface area contributed by atoms with Crippen LogP contribution in [0.25, 0.3) is 0 Å². The molecule has 2 aliphatic rings. The van der Waals surface area contributed by atoms with Crippen LogP contribution in [0.1, 0.15) is 56.2 Å². The number of aromatic nitrogens is 4. The van der Waals surface area contributed by atoms with Gasteiger partial charge in [-0.15, -0.1) is 0 Å². The van der Waals surface area contributed by atoms with Gasteiger partial charge in [0, 0.05) is 19.9 Å². The van der Waals surface area contributed by atoms with Crippen molar-refractivity contribution in [3.8, 4) is 0 Å². The fraction of sp³-hybridized carbons (Fsp3) is 0.588. The van der Waals surface area contributed by atoms with E-state index in [0.717, 1.165) is 35.0 Å². The van der Waals surface area contributed by atoms with Gasteiger partial charge in [0.25, 0.3) is 5.56 Å². The van der Waals surface area contributed by atoms with E-state index in [2.05, 4.69) is 24.0 Å². The molecule has 0 saturated carbocycles. The van der Waals surface area contributed by atoms with Crippen molar-refractivity contribution in [2.45, 2.75) is 50.5 Å². The van der Waals surface area contributed by atoms with Crippen LogP contribution in [0.15, 0.2) is 22.1 Å². The van der Waals surface area contributed by atoms with E-state index in [0.29, 0.717) is 6.61 Å². The summed E-state index contributed by atoms with van der Waals surface area (Å²) in [5, 5.41) is 8.18. The summed E-state index contributed by atoms with van der Waals surface area (Å²) < 4.78 is 9.62. The summed E-state index contributed by atoms with van der Waals surface area (Å²) in [5.74, 6) is 0.759. The minimum atomic E-state index is -0.194. The van der Waals surface area contributed by atoms with E-state index in [1.807, 2.05) is 29.4 Å². The molecule has 0 aromatic carbocycles. The summed E-state index contributed by atoms with van der Waals surface area (Å²) in [6, 6.07) is 2.15. The molecule has 4 rings (SSSR count). The number of nitrogens with one attached hydrogen (secondary N) is 1. The van der Waals surface area contributed by atoms with Crippen LogP contribution >= 0.6 is 11.8 Å². The molecule has 2 aromatic heterocycles. The van der Waals surface area contributed by atoms with E-state index in [-0.39, 0.29) is 22.5 Å². The first-order valence-corrected chi connectivity index (χ1v) is 9.42. The molecule has 7 nitrogen and oxygen atoms in total. The van der Waals surface area contributed by atoms with Gasteiger partial charge in [0.1, 0.15) is 0 Å². The van der Waals surface area contributed by atoms with Crippen LogP contribution < -0.4 is 5.56 Å². The van der Waals surface area contributed by atoms with Crippen molar-refractivity contribution in [2.24, 2.45) is 12.0 Å². The Hall–Kier alpha value is -1.80. The van der Waals surface area contributed by atoms with Crippen LogP contribution in [0, 0.1) is 0 Å². The van der Waals surface area contributed by atoms with Gasteiger partial charge in [-0.25, -0.2) is 4.99 Å². The predicted octanol–water partition coefficient (Wildman–Crippen LogP) is 2.93. The number of fused-ring (bicyclic) bond motifs is 1. The van der Waals surface area contributed by atoms with Gasteiger partial charge in [-0.1, -0.05) is 11.8 Å². The molecule has 8 heteroatoms. The summed E-state index contributed by atoms with van der Waals surface area (Å²) >= 11 is 1.61. The molecule has 2 aliphatic heterocycles. The zero-order valence-electron chi connectivity index (χ0n) is 14.9. The number of rotatable bonds is 2. The molecule has 134 valence electrons. The number of nitrogens with zero attached hydrogens (tertiary/aromatic N) is 4. The molecule has 0 aliphatic carbocycles. The van der Waals surface area contributed by atoms with Crippen molar-refractivity contribution in [3.05, 3.63) is 33.9 Å². The van der Waals surface area contributed by atoms with Crippen molar-refractivity contribution < 1.29 is 4.74 Å². The Morgan fingerprint density at radius 2 is 2.24 bits per heavy atom. The molecule has 4 heterocycles. The molecule has 0 radical (unpaired) electrons. The number of aromatic amines is 1. The minimum Gasteiger partial charge on any atom is -0.375 e. The first-order valence-electron chi connectivity index (χ1n) is 8.54. The molecule has 0 bridgehead atoms. The number of thioether (sulfide) groups is 1. The van der Waals surface area contributed by atoms with Gasteiger partial charge in [-0.2, -0.15) is 5.10 Å². The topological polar surface area (TPSA) is 77.2 Å². The lowest BCUT2D eigenvalue weighted by atomic mass is 9.94. The number of hydrogen-bond acceptors (Lipinski definition) is 5. The van der Waals surface area contributed by atoms with Gasteiger partial charge >= 0.3 is 0 Å². The van der Waals surface area contributed by atoms with E-state index in [1.165, 1.54) is 0 Å². The summed E-state index contributed by atoms with van der Waals surface area (Å²) in [4.78, 5) is 17.5. The van der Waals surface area contributed by atoms with Crippen molar-refractivity contribution >= 4 is 22.6 Å². The molecule has 2 aromatic rings. The quantitative estimate of drug-likeness (QED) is 0.892. The third kappa shape index (κ3) is 2.87. The maximum absolute atomic E-state index is 12.8. The first kappa shape index (κ1) is 16.7. The predicted molar refractivity (Wildman–Crippen MR) is 98.8 cm³/mol. The second-order valence-corrected chi connectivity index (χ2v) is 8.61. The molecule has 1 saturated heterocycles. The lowest BCUT2D eigenvalue weighted by Crippen LogP contribution is -2.35. The molecular weight excluding hydrogens is 338 g/mol. The number of aryl methyl sites for hydroxylation is 1. The van der Waals surface area contributed by atoms with Crippen molar-refractivity contribution in [1.82, 2.24) is 19.6 Å². The Morgan fingerprint density at radius 3 is 2.92 bits per heavy atom. The zero-order valence-corrected chi connectivity index (χ0v) is 15.8. The molecule has 0 spiro atoms. The average Bonchev–Trinajstić information content (AvgIpc) is 3.09. The molecule has 2 atom stereocenters. The van der Waals surface area contributed by atoms with Crippen LogP contribution in [0.2, 0.25) is 0 Å². The monoisotopic (exact) mass is 361 g/mol. The van der Waals surface area contributed by atoms with Crippen LogP contribution in [0.4, 0.5) is 5.82 Å². The standard InChI is InChI=1S/C17H23N5O2S/c1-10-19-15-13(14(25-10)12-5-7-18-21(12)4)16(23)20-22(15)11-6-8-24-17(2,3)9-11/h5,7,11,14H,6,8-9H2,1-4H3,(H,20,23)/t11-,14-/m1/s1. The average molecular weight is 361 g/mol. The van der Waals surface area contributed by atoms with E-state index in [1.54, 1.807) is 18.0 Å². The van der Waals surface area contributed by atoms with E-state index in [9.17, 15) is 4.79 Å². The highest BCUT2D eigenvalue weighted by molar-refractivity contribution is 8.14. The highest BCUT2D eigenvalue weighted by Crippen LogP contribution is 2.45. The number of ether oxygens (including phenoxy) is 1. The highest BCUT2D eigenvalue weighted by atomic mass is 32.2. The van der Waals surface area contributed by atoms with Gasteiger partial charge in [-0.3, -0.25) is 19.3 Å². The highest BCUT2D eigenvalue weighted by Gasteiger charge is 2.36. The number of H-pyrrole nitrogens is 1. The lowest BCUT2D eigenvalue weighted by molar-refractivity contribution is -0.0705. The molecule has 25 heavy (non-hydrogen) atoms. The summed E-state index contributed by atoms with van der Waals surface area (Å²) in [6.07, 6.45) is 3.49. The van der Waals surface area contributed by atoms with Crippen LogP contribution in [0.5, 0.6) is 0 Å². The first-order chi connectivity index (χ1) is 11.9. The fourth-order valence-corrected chi connectivity index (χ4v) is 4.91. The van der Waals surface area contributed by atoms with Crippen LogP contribution in [-0.4, -0.2) is 36.8 Å². The second-order valence-electron chi connectivity index (χ2n) is 7.31. The van der Waals surface area contributed by atoms with Gasteiger partial charge in [-0.05, 0) is 39.7 Å². The molecule has 0 amide bonds. The van der Waals surface area contributed by atoms with Crippen LogP contribution in [-0.2, 0) is 11.8 Å². The molecule has 0 unspecified atom stereocenters. The Kier molecular flexibility index (Phi) is 3.92. The fourth-order valence-electron chi connectivity index (χ4n) is 3.74. The van der Waals surface area contributed by atoms with Gasteiger partial charge in [0.2, 0.25) is 0 Å². The largest absolute Gasteiger partial charge is 0.375 e. The SMILES string of the molecule is CC1=Nc2c(c(=O)[nH]n2[C@@H]2CCOC(C)(C)C2)[C@@H](c2ccnn2C)S1. The summed E-state index contributed by atoms with van der Waals surface area (Å²) in [7, 11) is 1.91. The van der Waals surface area contributed by atoms with Crippen molar-refractivity contribution in [1.29, 1.82) is 0 Å². The van der Waals surface area contributed by atoms with Crippen molar-refractivity contribution in [2.75, 3.05) is 6.61 Å². The Morgan fingerprint density at radius 1 is 1.44 bits per heavy atom. The van der Waals surface area contributed by atoms with E-state index in [4.69, 9.17) is 9.73 Å². The number of hydrogen-bond donors (Lipinski definition) is 1. The lowest BCUT2D eigenvalue weighted by Gasteiger charge is -2.36. The second kappa shape index (κ2) is 5.88. The van der Waals surface area contributed by atoms with Crippen molar-refractivity contribution in [3.63, 3.8) is 0 Å². The third-order valence-corrected chi connectivity index (χ3v) is 6.06. The maximum Gasteiger partial charge on any atom is 0.271 e. The number of aliphatic imine (C=N–C) groups is 1. The zero-order chi connectivity index (χ0) is 17.8. The Labute approximate surface area is 150 Å². The molecule has 1 N–H and O–H groups in total. The Balaban J connectivity index is 1.81. The molecule has 1 fully saturated rings. The minimum absolute atomic E-state index is 0.0609. The molecular formula is C17H23N5O2S. The van der Waals surface area contributed by atoms with Gasteiger partial charge in [0.15, 0.2) is 5.82 Å². The van der Waals surface area contributed by atoms with Crippen LogP contribution in [0.3, 0.4) is 0 Å². The third-order valence-electron chi connectivity index (χ3n) is 4.91. The van der Waals surface area contributed by atoms with Gasteiger partial charge < -0.3 is 4.74 Å². The van der Waals surface area contributed by atoms with E-state index < -0.39 is 0 Å². The normalized spacial score (nSPS) is 25.5. The summed E-state index contributed by atoms with van der Waals surface area (Å²) in [5.41, 5.74) is 1.48.